The van der Waals surface area contributed by atoms with Crippen LogP contribution in [-0.4, -0.2) is 35.5 Å². The topological polar surface area (TPSA) is 122 Å². The number of nitrogens with one attached hydrogen (secondary N) is 2. The van der Waals surface area contributed by atoms with Gasteiger partial charge in [0.15, 0.2) is 0 Å². The SMILES string of the molecule is CC(=O)N[C@@H](CCCCN)C(=O)Nc1cc(C(=O)O)ccc1C(C)(C)C. The third-order valence-electron chi connectivity index (χ3n) is 3.97. The Balaban J connectivity index is 3.11. The summed E-state index contributed by atoms with van der Waals surface area (Å²) in [5, 5.41) is 14.7. The number of carbonyl (C=O) groups is 3. The molecular formula is C19H29N3O4. The van der Waals surface area contributed by atoms with Crippen LogP contribution in [0.4, 0.5) is 5.69 Å². The molecule has 0 radical (unpaired) electrons. The molecule has 0 fully saturated rings. The van der Waals surface area contributed by atoms with Gasteiger partial charge >= 0.3 is 5.97 Å². The first-order chi connectivity index (χ1) is 12.1. The van der Waals surface area contributed by atoms with Gasteiger partial charge in [0.25, 0.3) is 0 Å². The molecule has 0 saturated heterocycles. The lowest BCUT2D eigenvalue weighted by Gasteiger charge is -2.25. The lowest BCUT2D eigenvalue weighted by molar-refractivity contribution is -0.125. The Morgan fingerprint density at radius 2 is 1.85 bits per heavy atom. The van der Waals surface area contributed by atoms with Crippen LogP contribution in [0.3, 0.4) is 0 Å². The van der Waals surface area contributed by atoms with Crippen molar-refractivity contribution in [1.82, 2.24) is 5.32 Å². The lowest BCUT2D eigenvalue weighted by atomic mass is 9.85. The molecule has 1 rings (SSSR count). The number of aromatic carboxylic acids is 1. The fourth-order valence-electron chi connectivity index (χ4n) is 2.66. The van der Waals surface area contributed by atoms with Crippen LogP contribution in [0, 0.1) is 0 Å². The number of hydrogen-bond acceptors (Lipinski definition) is 4. The maximum absolute atomic E-state index is 12.7. The number of rotatable bonds is 8. The van der Waals surface area contributed by atoms with Crippen molar-refractivity contribution >= 4 is 23.5 Å². The summed E-state index contributed by atoms with van der Waals surface area (Å²) < 4.78 is 0. The third-order valence-corrected chi connectivity index (χ3v) is 3.97. The van der Waals surface area contributed by atoms with Crippen molar-refractivity contribution in [2.24, 2.45) is 5.73 Å². The Hall–Kier alpha value is -2.41. The van der Waals surface area contributed by atoms with Crippen LogP contribution in [0.15, 0.2) is 18.2 Å². The van der Waals surface area contributed by atoms with Crippen LogP contribution in [0.2, 0.25) is 0 Å². The van der Waals surface area contributed by atoms with Crippen LogP contribution in [0.1, 0.15) is 62.9 Å². The fourth-order valence-corrected chi connectivity index (χ4v) is 2.66. The molecule has 26 heavy (non-hydrogen) atoms. The number of amides is 2. The average Bonchev–Trinajstić information content (AvgIpc) is 2.52. The van der Waals surface area contributed by atoms with Crippen molar-refractivity contribution in [3.8, 4) is 0 Å². The molecule has 1 aromatic rings. The van der Waals surface area contributed by atoms with Gasteiger partial charge < -0.3 is 21.5 Å². The highest BCUT2D eigenvalue weighted by Crippen LogP contribution is 2.30. The molecule has 0 aliphatic heterocycles. The Labute approximate surface area is 154 Å². The Kier molecular flexibility index (Phi) is 7.76. The predicted octanol–water partition coefficient (Wildman–Crippen LogP) is 2.25. The molecule has 0 saturated carbocycles. The summed E-state index contributed by atoms with van der Waals surface area (Å²) in [4.78, 5) is 35.4. The van der Waals surface area contributed by atoms with Crippen LogP contribution >= 0.6 is 0 Å². The van der Waals surface area contributed by atoms with Gasteiger partial charge in [0.2, 0.25) is 11.8 Å². The predicted molar refractivity (Wildman–Crippen MR) is 101 cm³/mol. The molecule has 0 bridgehead atoms. The van der Waals surface area contributed by atoms with Crippen molar-refractivity contribution in [3.05, 3.63) is 29.3 Å². The minimum atomic E-state index is -1.07. The fraction of sp³-hybridized carbons (Fsp3) is 0.526. The molecular weight excluding hydrogens is 334 g/mol. The van der Waals surface area contributed by atoms with E-state index >= 15 is 0 Å². The molecule has 7 nitrogen and oxygen atoms in total. The summed E-state index contributed by atoms with van der Waals surface area (Å²) in [5.41, 5.74) is 6.55. The minimum absolute atomic E-state index is 0.0903. The molecule has 0 unspecified atom stereocenters. The minimum Gasteiger partial charge on any atom is -0.478 e. The van der Waals surface area contributed by atoms with Crippen molar-refractivity contribution in [2.75, 3.05) is 11.9 Å². The molecule has 0 spiro atoms. The average molecular weight is 363 g/mol. The first-order valence-corrected chi connectivity index (χ1v) is 8.72. The van der Waals surface area contributed by atoms with E-state index in [1.54, 1.807) is 6.07 Å². The molecule has 0 aliphatic carbocycles. The standard InChI is InChI=1S/C19H29N3O4/c1-12(23)21-15(7-5-6-10-20)17(24)22-16-11-13(18(25)26)8-9-14(16)19(2,3)4/h8-9,11,15H,5-7,10,20H2,1-4H3,(H,21,23)(H,22,24)(H,25,26)/t15-/m0/s1. The highest BCUT2D eigenvalue weighted by molar-refractivity contribution is 5.99. The van der Waals surface area contributed by atoms with Gasteiger partial charge in [-0.1, -0.05) is 26.8 Å². The normalized spacial score (nSPS) is 12.3. The summed E-state index contributed by atoms with van der Waals surface area (Å²) in [7, 11) is 0. The van der Waals surface area contributed by atoms with Crippen LogP contribution in [-0.2, 0) is 15.0 Å². The maximum Gasteiger partial charge on any atom is 0.335 e. The molecule has 1 aromatic carbocycles. The first kappa shape index (κ1) is 21.6. The molecule has 0 aromatic heterocycles. The van der Waals surface area contributed by atoms with E-state index in [1.807, 2.05) is 20.8 Å². The zero-order valence-electron chi connectivity index (χ0n) is 15.9. The molecule has 0 heterocycles. The summed E-state index contributed by atoms with van der Waals surface area (Å²) in [6.45, 7) is 7.80. The number of hydrogen-bond donors (Lipinski definition) is 4. The highest BCUT2D eigenvalue weighted by atomic mass is 16.4. The number of anilines is 1. The quantitative estimate of drug-likeness (QED) is 0.528. The monoisotopic (exact) mass is 363 g/mol. The second-order valence-corrected chi connectivity index (χ2v) is 7.34. The van der Waals surface area contributed by atoms with Crippen molar-refractivity contribution in [2.45, 2.75) is 58.4 Å². The third kappa shape index (κ3) is 6.48. The maximum atomic E-state index is 12.7. The Morgan fingerprint density at radius 3 is 2.35 bits per heavy atom. The zero-order valence-corrected chi connectivity index (χ0v) is 15.9. The van der Waals surface area contributed by atoms with E-state index in [1.165, 1.54) is 19.1 Å². The second-order valence-electron chi connectivity index (χ2n) is 7.34. The molecule has 1 atom stereocenters. The molecule has 5 N–H and O–H groups in total. The van der Waals surface area contributed by atoms with Crippen molar-refractivity contribution in [1.29, 1.82) is 0 Å². The highest BCUT2D eigenvalue weighted by Gasteiger charge is 2.24. The Bertz CT molecular complexity index is 665. The molecule has 0 aliphatic rings. The van der Waals surface area contributed by atoms with Gasteiger partial charge in [-0.2, -0.15) is 0 Å². The number of unbranched alkanes of at least 4 members (excludes halogenated alkanes) is 1. The number of carbonyl (C=O) groups excluding carboxylic acids is 2. The van der Waals surface area contributed by atoms with Gasteiger partial charge in [-0.15, -0.1) is 0 Å². The van der Waals surface area contributed by atoms with Gasteiger partial charge in [0, 0.05) is 12.6 Å². The lowest BCUT2D eigenvalue weighted by Crippen LogP contribution is -2.43. The van der Waals surface area contributed by atoms with E-state index in [0.717, 1.165) is 12.0 Å². The summed E-state index contributed by atoms with van der Waals surface area (Å²) in [6, 6.07) is 3.98. The molecule has 2 amide bonds. The van der Waals surface area contributed by atoms with Crippen LogP contribution in [0.5, 0.6) is 0 Å². The van der Waals surface area contributed by atoms with Gasteiger partial charge in [-0.3, -0.25) is 9.59 Å². The number of carboxylic acid groups (broad SMARTS) is 1. The van der Waals surface area contributed by atoms with E-state index < -0.39 is 12.0 Å². The van der Waals surface area contributed by atoms with Gasteiger partial charge in [0.1, 0.15) is 6.04 Å². The molecule has 144 valence electrons. The number of benzene rings is 1. The Morgan fingerprint density at radius 1 is 1.19 bits per heavy atom. The number of nitrogens with two attached hydrogens (primary N) is 1. The van der Waals surface area contributed by atoms with Gasteiger partial charge in [-0.25, -0.2) is 4.79 Å². The van der Waals surface area contributed by atoms with E-state index in [-0.39, 0.29) is 22.8 Å². The largest absolute Gasteiger partial charge is 0.478 e. The van der Waals surface area contributed by atoms with E-state index in [4.69, 9.17) is 5.73 Å². The van der Waals surface area contributed by atoms with Crippen LogP contribution in [0.25, 0.3) is 0 Å². The van der Waals surface area contributed by atoms with E-state index in [9.17, 15) is 19.5 Å². The van der Waals surface area contributed by atoms with Crippen molar-refractivity contribution in [3.63, 3.8) is 0 Å². The zero-order chi connectivity index (χ0) is 19.9. The summed E-state index contributed by atoms with van der Waals surface area (Å²) in [5.74, 6) is -1.74. The van der Waals surface area contributed by atoms with Gasteiger partial charge in [-0.05, 0) is 48.9 Å². The summed E-state index contributed by atoms with van der Waals surface area (Å²) >= 11 is 0. The second kappa shape index (κ2) is 9.33. The number of carboxylic acids is 1. The first-order valence-electron chi connectivity index (χ1n) is 8.72. The van der Waals surface area contributed by atoms with Crippen LogP contribution < -0.4 is 16.4 Å². The molecule has 7 heteroatoms. The van der Waals surface area contributed by atoms with E-state index in [2.05, 4.69) is 10.6 Å². The van der Waals surface area contributed by atoms with Gasteiger partial charge in [0.05, 0.1) is 5.56 Å². The van der Waals surface area contributed by atoms with E-state index in [0.29, 0.717) is 25.1 Å². The van der Waals surface area contributed by atoms with Crippen molar-refractivity contribution < 1.29 is 19.5 Å². The summed E-state index contributed by atoms with van der Waals surface area (Å²) in [6.07, 6.45) is 1.92. The smallest absolute Gasteiger partial charge is 0.335 e.